The van der Waals surface area contributed by atoms with Crippen molar-refractivity contribution >= 4 is 34.2 Å². The molecule has 1 aromatic heterocycles. The normalized spacial score (nSPS) is 11.0. The van der Waals surface area contributed by atoms with Crippen molar-refractivity contribution < 1.29 is 18.7 Å². The molecule has 136 valence electrons. The van der Waals surface area contributed by atoms with Crippen molar-refractivity contribution in [1.29, 1.82) is 0 Å². The summed E-state index contributed by atoms with van der Waals surface area (Å²) in [6, 6.07) is 10.7. The number of halogens is 1. The summed E-state index contributed by atoms with van der Waals surface area (Å²) in [4.78, 5) is 12.4. The molecule has 26 heavy (non-hydrogen) atoms. The number of hydrogen-bond acceptors (Lipinski definition) is 4. The summed E-state index contributed by atoms with van der Waals surface area (Å²) in [5, 5.41) is 4.19. The fraction of sp³-hybridized carbons (Fsp3) is 0.250. The van der Waals surface area contributed by atoms with Crippen LogP contribution in [0, 0.1) is 0 Å². The molecular formula is C20H20ClNO4. The van der Waals surface area contributed by atoms with Crippen LogP contribution in [0.25, 0.3) is 11.0 Å². The Morgan fingerprint density at radius 2 is 2.04 bits per heavy atom. The first kappa shape index (κ1) is 18.1. The fourth-order valence-electron chi connectivity index (χ4n) is 2.63. The molecule has 1 amide bonds. The Morgan fingerprint density at radius 3 is 2.73 bits per heavy atom. The number of ether oxygens (including phenoxy) is 2. The van der Waals surface area contributed by atoms with E-state index in [1.165, 1.54) is 0 Å². The number of anilines is 1. The van der Waals surface area contributed by atoms with E-state index in [-0.39, 0.29) is 18.4 Å². The lowest BCUT2D eigenvalue weighted by atomic mass is 10.1. The monoisotopic (exact) mass is 373 g/mol. The highest BCUT2D eigenvalue weighted by Crippen LogP contribution is 2.29. The van der Waals surface area contributed by atoms with E-state index < -0.39 is 0 Å². The lowest BCUT2D eigenvalue weighted by Crippen LogP contribution is -2.14. The summed E-state index contributed by atoms with van der Waals surface area (Å²) in [7, 11) is 1.60. The van der Waals surface area contributed by atoms with Crippen LogP contribution in [0.1, 0.15) is 19.4 Å². The zero-order chi connectivity index (χ0) is 18.7. The van der Waals surface area contributed by atoms with Crippen molar-refractivity contribution in [3.8, 4) is 11.5 Å². The smallest absolute Gasteiger partial charge is 0.228 e. The highest BCUT2D eigenvalue weighted by Gasteiger charge is 2.12. The minimum absolute atomic E-state index is 0.0286. The second-order valence-electron chi connectivity index (χ2n) is 6.16. The van der Waals surface area contributed by atoms with Crippen LogP contribution < -0.4 is 14.8 Å². The second kappa shape index (κ2) is 7.70. The Balaban J connectivity index is 1.70. The first-order valence-electron chi connectivity index (χ1n) is 8.26. The SMILES string of the molecule is COc1ccc2c(CC(=O)Nc3ccc(OC(C)C)c(Cl)c3)coc2c1. The molecule has 0 unspecified atom stereocenters. The van der Waals surface area contributed by atoms with Crippen LogP contribution in [-0.2, 0) is 11.2 Å². The Morgan fingerprint density at radius 1 is 1.23 bits per heavy atom. The van der Waals surface area contributed by atoms with Gasteiger partial charge in [0, 0.05) is 22.7 Å². The highest BCUT2D eigenvalue weighted by atomic mass is 35.5. The van der Waals surface area contributed by atoms with Crippen LogP contribution in [0.15, 0.2) is 47.1 Å². The van der Waals surface area contributed by atoms with E-state index in [9.17, 15) is 4.79 Å². The van der Waals surface area contributed by atoms with Gasteiger partial charge in [-0.05, 0) is 44.2 Å². The second-order valence-corrected chi connectivity index (χ2v) is 6.57. The van der Waals surface area contributed by atoms with Crippen LogP contribution in [0.2, 0.25) is 5.02 Å². The quantitative estimate of drug-likeness (QED) is 0.655. The number of methoxy groups -OCH3 is 1. The van der Waals surface area contributed by atoms with Crippen LogP contribution >= 0.6 is 11.6 Å². The van der Waals surface area contributed by atoms with Gasteiger partial charge in [0.25, 0.3) is 0 Å². The van der Waals surface area contributed by atoms with E-state index in [4.69, 9.17) is 25.5 Å². The Kier molecular flexibility index (Phi) is 5.38. The summed E-state index contributed by atoms with van der Waals surface area (Å²) < 4.78 is 16.3. The number of rotatable bonds is 6. The fourth-order valence-corrected chi connectivity index (χ4v) is 2.86. The predicted molar refractivity (Wildman–Crippen MR) is 102 cm³/mol. The molecule has 0 aliphatic carbocycles. The number of furan rings is 1. The molecule has 1 N–H and O–H groups in total. The van der Waals surface area contributed by atoms with Gasteiger partial charge < -0.3 is 19.2 Å². The maximum Gasteiger partial charge on any atom is 0.228 e. The Labute approximate surface area is 156 Å². The van der Waals surface area contributed by atoms with Gasteiger partial charge in [0.15, 0.2) is 0 Å². The van der Waals surface area contributed by atoms with E-state index in [1.807, 2.05) is 26.0 Å². The van der Waals surface area contributed by atoms with E-state index in [0.29, 0.717) is 27.8 Å². The minimum atomic E-state index is -0.155. The molecular weight excluding hydrogens is 354 g/mol. The third-order valence-corrected chi connectivity index (χ3v) is 4.09. The van der Waals surface area contributed by atoms with Crippen molar-refractivity contribution in [2.45, 2.75) is 26.4 Å². The Bertz CT molecular complexity index is 933. The van der Waals surface area contributed by atoms with Crippen LogP contribution in [-0.4, -0.2) is 19.1 Å². The van der Waals surface area contributed by atoms with Crippen molar-refractivity contribution in [2.24, 2.45) is 0 Å². The van der Waals surface area contributed by atoms with E-state index in [2.05, 4.69) is 5.32 Å². The zero-order valence-corrected chi connectivity index (χ0v) is 15.6. The molecule has 0 aliphatic heterocycles. The number of amides is 1. The molecule has 5 nitrogen and oxygen atoms in total. The number of hydrogen-bond donors (Lipinski definition) is 1. The molecule has 0 spiro atoms. The summed E-state index contributed by atoms with van der Waals surface area (Å²) in [5.41, 5.74) is 2.11. The third-order valence-electron chi connectivity index (χ3n) is 3.79. The van der Waals surface area contributed by atoms with Crippen molar-refractivity contribution in [3.05, 3.63) is 53.2 Å². The molecule has 1 heterocycles. The summed E-state index contributed by atoms with van der Waals surface area (Å²) >= 11 is 6.20. The standard InChI is InChI=1S/C20H20ClNO4/c1-12(2)26-18-7-4-14(9-17(18)21)22-20(23)8-13-11-25-19-10-15(24-3)5-6-16(13)19/h4-7,9-12H,8H2,1-3H3,(H,22,23). The van der Waals surface area contributed by atoms with Crippen molar-refractivity contribution in [2.75, 3.05) is 12.4 Å². The Hall–Kier alpha value is -2.66. The molecule has 3 rings (SSSR count). The predicted octanol–water partition coefficient (Wildman–Crippen LogP) is 5.06. The van der Waals surface area contributed by atoms with Gasteiger partial charge in [0.1, 0.15) is 17.1 Å². The van der Waals surface area contributed by atoms with Crippen LogP contribution in [0.3, 0.4) is 0 Å². The number of benzene rings is 2. The molecule has 0 saturated heterocycles. The maximum absolute atomic E-state index is 12.4. The lowest BCUT2D eigenvalue weighted by molar-refractivity contribution is -0.115. The summed E-state index contributed by atoms with van der Waals surface area (Å²) in [6.45, 7) is 3.85. The molecule has 0 radical (unpaired) electrons. The molecule has 0 aliphatic rings. The highest BCUT2D eigenvalue weighted by molar-refractivity contribution is 6.32. The van der Waals surface area contributed by atoms with Gasteiger partial charge >= 0.3 is 0 Å². The van der Waals surface area contributed by atoms with E-state index in [0.717, 1.165) is 10.9 Å². The largest absolute Gasteiger partial charge is 0.497 e. The molecule has 2 aromatic carbocycles. The van der Waals surface area contributed by atoms with Gasteiger partial charge in [-0.2, -0.15) is 0 Å². The first-order valence-corrected chi connectivity index (χ1v) is 8.64. The molecule has 0 bridgehead atoms. The average Bonchev–Trinajstić information content (AvgIpc) is 2.99. The van der Waals surface area contributed by atoms with Gasteiger partial charge in [-0.25, -0.2) is 0 Å². The maximum atomic E-state index is 12.4. The van der Waals surface area contributed by atoms with Gasteiger partial charge in [0.05, 0.1) is 30.9 Å². The number of nitrogens with one attached hydrogen (secondary N) is 1. The average molecular weight is 374 g/mol. The van der Waals surface area contributed by atoms with Gasteiger partial charge in [-0.3, -0.25) is 4.79 Å². The van der Waals surface area contributed by atoms with E-state index in [1.54, 1.807) is 37.6 Å². The van der Waals surface area contributed by atoms with Crippen molar-refractivity contribution in [1.82, 2.24) is 0 Å². The van der Waals surface area contributed by atoms with Crippen LogP contribution in [0.4, 0.5) is 5.69 Å². The number of carbonyl (C=O) groups excluding carboxylic acids is 1. The van der Waals surface area contributed by atoms with Crippen molar-refractivity contribution in [3.63, 3.8) is 0 Å². The number of carbonyl (C=O) groups is 1. The molecule has 3 aromatic rings. The minimum Gasteiger partial charge on any atom is -0.497 e. The van der Waals surface area contributed by atoms with Gasteiger partial charge in [0.2, 0.25) is 5.91 Å². The first-order chi connectivity index (χ1) is 12.5. The summed E-state index contributed by atoms with van der Waals surface area (Å²) in [5.74, 6) is 1.15. The molecule has 0 atom stereocenters. The third kappa shape index (κ3) is 4.11. The van der Waals surface area contributed by atoms with Gasteiger partial charge in [-0.15, -0.1) is 0 Å². The lowest BCUT2D eigenvalue weighted by Gasteiger charge is -2.12. The molecule has 6 heteroatoms. The number of fused-ring (bicyclic) bond motifs is 1. The summed E-state index contributed by atoms with van der Waals surface area (Å²) in [6.07, 6.45) is 1.82. The molecule has 0 saturated carbocycles. The van der Waals surface area contributed by atoms with Gasteiger partial charge in [-0.1, -0.05) is 11.6 Å². The van der Waals surface area contributed by atoms with Crippen LogP contribution in [0.5, 0.6) is 11.5 Å². The molecule has 0 fully saturated rings. The van der Waals surface area contributed by atoms with E-state index >= 15 is 0 Å². The topological polar surface area (TPSA) is 60.7 Å². The zero-order valence-electron chi connectivity index (χ0n) is 14.8.